The van der Waals surface area contributed by atoms with E-state index in [2.05, 4.69) is 5.32 Å². The minimum absolute atomic E-state index is 0.178. The van der Waals surface area contributed by atoms with Gasteiger partial charge in [0.1, 0.15) is 11.9 Å². The Morgan fingerprint density at radius 1 is 1.28 bits per heavy atom. The molecule has 0 aliphatic carbocycles. The first kappa shape index (κ1) is 20.7. The van der Waals surface area contributed by atoms with Crippen LogP contribution in [0.25, 0.3) is 0 Å². The molecule has 1 unspecified atom stereocenters. The number of piperazine rings is 1. The molecular formula is C19H25FN4O5. The van der Waals surface area contributed by atoms with Crippen molar-refractivity contribution in [2.75, 3.05) is 56.2 Å². The fourth-order valence-corrected chi connectivity index (χ4v) is 3.35. The van der Waals surface area contributed by atoms with E-state index in [0.717, 1.165) is 0 Å². The zero-order valence-corrected chi connectivity index (χ0v) is 16.5. The monoisotopic (exact) mass is 408 g/mol. The number of nitrogens with zero attached hydrogens (tertiary/aromatic N) is 3. The van der Waals surface area contributed by atoms with Crippen molar-refractivity contribution in [2.24, 2.45) is 0 Å². The van der Waals surface area contributed by atoms with E-state index in [-0.39, 0.29) is 18.6 Å². The largest absolute Gasteiger partial charge is 0.444 e. The van der Waals surface area contributed by atoms with Gasteiger partial charge in [0.2, 0.25) is 0 Å². The number of alkyl carbamates (subject to hydrolysis) is 1. The Morgan fingerprint density at radius 2 is 2.00 bits per heavy atom. The fraction of sp³-hybridized carbons (Fsp3) is 0.526. The first-order chi connectivity index (χ1) is 13.9. The highest BCUT2D eigenvalue weighted by atomic mass is 19.1. The number of rotatable bonds is 5. The zero-order valence-electron chi connectivity index (χ0n) is 16.5. The Balaban J connectivity index is 1.58. The standard InChI is InChI=1S/C19H25FN4O5/c1-3-14-11-24(19(27)29-14)13-4-5-16(15(20)10-13)22-6-8-23(9-7-22)17(25)12-28-18(26)21-2/h4-5,10,14H,3,6-9,11-12H2,1-2H3,(H,21,26). The maximum Gasteiger partial charge on any atom is 0.414 e. The van der Waals surface area contributed by atoms with Crippen LogP contribution < -0.4 is 15.1 Å². The molecule has 0 radical (unpaired) electrons. The number of cyclic esters (lactones) is 1. The van der Waals surface area contributed by atoms with E-state index < -0.39 is 18.0 Å². The first-order valence-corrected chi connectivity index (χ1v) is 9.57. The van der Waals surface area contributed by atoms with Gasteiger partial charge in [0.05, 0.1) is 17.9 Å². The lowest BCUT2D eigenvalue weighted by Gasteiger charge is -2.36. The molecule has 29 heavy (non-hydrogen) atoms. The summed E-state index contributed by atoms with van der Waals surface area (Å²) in [5.41, 5.74) is 0.884. The van der Waals surface area contributed by atoms with Gasteiger partial charge in [-0.15, -0.1) is 0 Å². The number of halogens is 1. The highest BCUT2D eigenvalue weighted by Gasteiger charge is 2.32. The Hall–Kier alpha value is -3.04. The first-order valence-electron chi connectivity index (χ1n) is 9.57. The predicted octanol–water partition coefficient (Wildman–Crippen LogP) is 1.57. The summed E-state index contributed by atoms with van der Waals surface area (Å²) in [4.78, 5) is 40.0. The minimum Gasteiger partial charge on any atom is -0.444 e. The molecule has 3 amide bonds. The molecule has 2 aliphatic rings. The van der Waals surface area contributed by atoms with E-state index in [1.54, 1.807) is 17.0 Å². The number of nitrogens with one attached hydrogen (secondary N) is 1. The van der Waals surface area contributed by atoms with Crippen LogP contribution in [0.2, 0.25) is 0 Å². The Morgan fingerprint density at radius 3 is 2.59 bits per heavy atom. The molecule has 9 nitrogen and oxygen atoms in total. The minimum atomic E-state index is -0.661. The molecule has 2 fully saturated rings. The van der Waals surface area contributed by atoms with Gasteiger partial charge in [0, 0.05) is 33.2 Å². The second-order valence-electron chi connectivity index (χ2n) is 6.85. The van der Waals surface area contributed by atoms with Crippen molar-refractivity contribution in [3.63, 3.8) is 0 Å². The van der Waals surface area contributed by atoms with Gasteiger partial charge >= 0.3 is 12.2 Å². The van der Waals surface area contributed by atoms with Crippen molar-refractivity contribution in [1.29, 1.82) is 0 Å². The van der Waals surface area contributed by atoms with Crippen molar-refractivity contribution in [2.45, 2.75) is 19.4 Å². The van der Waals surface area contributed by atoms with E-state index in [1.807, 2.05) is 11.8 Å². The number of anilines is 2. The molecule has 1 atom stereocenters. The van der Waals surface area contributed by atoms with Crippen LogP contribution in [0.5, 0.6) is 0 Å². The number of carbonyl (C=O) groups excluding carboxylic acids is 3. The van der Waals surface area contributed by atoms with Gasteiger partial charge in [0.25, 0.3) is 5.91 Å². The van der Waals surface area contributed by atoms with Gasteiger partial charge in [-0.05, 0) is 24.6 Å². The number of ether oxygens (including phenoxy) is 2. The number of hydrogen-bond donors (Lipinski definition) is 1. The highest BCUT2D eigenvalue weighted by molar-refractivity contribution is 5.90. The van der Waals surface area contributed by atoms with E-state index in [4.69, 9.17) is 9.47 Å². The third-order valence-corrected chi connectivity index (χ3v) is 5.08. The second kappa shape index (κ2) is 8.97. The molecule has 1 N–H and O–H groups in total. The van der Waals surface area contributed by atoms with Crippen LogP contribution in [0.15, 0.2) is 18.2 Å². The number of hydrogen-bond acceptors (Lipinski definition) is 6. The van der Waals surface area contributed by atoms with Crippen molar-refractivity contribution >= 4 is 29.5 Å². The zero-order chi connectivity index (χ0) is 21.0. The van der Waals surface area contributed by atoms with Crippen molar-refractivity contribution < 1.29 is 28.2 Å². The lowest BCUT2D eigenvalue weighted by atomic mass is 10.2. The lowest BCUT2D eigenvalue weighted by Crippen LogP contribution is -2.50. The average Bonchev–Trinajstić information content (AvgIpc) is 3.12. The Bertz CT molecular complexity index is 782. The smallest absolute Gasteiger partial charge is 0.414 e. The van der Waals surface area contributed by atoms with Gasteiger partial charge in [-0.25, -0.2) is 14.0 Å². The normalized spacial score (nSPS) is 19.2. The van der Waals surface area contributed by atoms with E-state index in [9.17, 15) is 18.8 Å². The topological polar surface area (TPSA) is 91.4 Å². The van der Waals surface area contributed by atoms with E-state index in [0.29, 0.717) is 50.5 Å². The maximum absolute atomic E-state index is 14.7. The maximum atomic E-state index is 14.7. The molecule has 0 saturated carbocycles. The molecule has 158 valence electrons. The van der Waals surface area contributed by atoms with Gasteiger partial charge in [-0.1, -0.05) is 6.92 Å². The third kappa shape index (κ3) is 4.69. The van der Waals surface area contributed by atoms with Crippen LogP contribution in [-0.4, -0.2) is 75.5 Å². The molecule has 2 heterocycles. The summed E-state index contributed by atoms with van der Waals surface area (Å²) in [7, 11) is 1.42. The summed E-state index contributed by atoms with van der Waals surface area (Å²) in [6.07, 6.45) is -0.593. The van der Waals surface area contributed by atoms with Crippen LogP contribution >= 0.6 is 0 Å². The predicted molar refractivity (Wildman–Crippen MR) is 104 cm³/mol. The molecule has 1 aromatic carbocycles. The Labute approximate surface area is 168 Å². The van der Waals surface area contributed by atoms with Crippen LogP contribution in [-0.2, 0) is 14.3 Å². The highest BCUT2D eigenvalue weighted by Crippen LogP contribution is 2.29. The summed E-state index contributed by atoms with van der Waals surface area (Å²) in [5.74, 6) is -0.722. The second-order valence-corrected chi connectivity index (χ2v) is 6.85. The quantitative estimate of drug-likeness (QED) is 0.795. The molecule has 0 spiro atoms. The third-order valence-electron chi connectivity index (χ3n) is 5.08. The summed E-state index contributed by atoms with van der Waals surface area (Å²) in [6, 6.07) is 4.68. The van der Waals surface area contributed by atoms with Crippen LogP contribution in [0.1, 0.15) is 13.3 Å². The fourth-order valence-electron chi connectivity index (χ4n) is 3.35. The molecule has 0 aromatic heterocycles. The van der Waals surface area contributed by atoms with Crippen molar-refractivity contribution in [1.82, 2.24) is 10.2 Å². The van der Waals surface area contributed by atoms with Gasteiger partial charge < -0.3 is 24.6 Å². The van der Waals surface area contributed by atoms with Gasteiger partial charge in [-0.3, -0.25) is 9.69 Å². The average molecular weight is 408 g/mol. The number of benzene rings is 1. The van der Waals surface area contributed by atoms with Crippen LogP contribution in [0, 0.1) is 5.82 Å². The lowest BCUT2D eigenvalue weighted by molar-refractivity contribution is -0.134. The van der Waals surface area contributed by atoms with Gasteiger partial charge in [-0.2, -0.15) is 0 Å². The number of amides is 3. The molecule has 2 saturated heterocycles. The molecular weight excluding hydrogens is 383 g/mol. The Kier molecular flexibility index (Phi) is 6.40. The summed E-state index contributed by atoms with van der Waals surface area (Å²) in [5, 5.41) is 2.28. The van der Waals surface area contributed by atoms with E-state index in [1.165, 1.54) is 18.0 Å². The molecule has 1 aromatic rings. The number of carbonyl (C=O) groups is 3. The molecule has 2 aliphatic heterocycles. The van der Waals surface area contributed by atoms with Crippen molar-refractivity contribution in [3.8, 4) is 0 Å². The van der Waals surface area contributed by atoms with Crippen molar-refractivity contribution in [3.05, 3.63) is 24.0 Å². The van der Waals surface area contributed by atoms with E-state index >= 15 is 0 Å². The SMILES string of the molecule is CCC1CN(c2ccc(N3CCN(C(=O)COC(=O)NC)CC3)c(F)c2)C(=O)O1. The molecule has 10 heteroatoms. The summed E-state index contributed by atoms with van der Waals surface area (Å²) in [6.45, 7) is 3.71. The summed E-state index contributed by atoms with van der Waals surface area (Å²) < 4.78 is 24.7. The van der Waals surface area contributed by atoms with Gasteiger partial charge in [0.15, 0.2) is 6.61 Å². The molecule has 3 rings (SSSR count). The molecule has 0 bridgehead atoms. The van der Waals surface area contributed by atoms with Crippen LogP contribution in [0.4, 0.5) is 25.4 Å². The van der Waals surface area contributed by atoms with Crippen LogP contribution in [0.3, 0.4) is 0 Å². The summed E-state index contributed by atoms with van der Waals surface area (Å²) >= 11 is 0.